The summed E-state index contributed by atoms with van der Waals surface area (Å²) in [6.07, 6.45) is -15.9. The van der Waals surface area contributed by atoms with Gasteiger partial charge in [-0.05, 0) is 11.8 Å². The molecule has 0 aromatic heterocycles. The molecule has 238 valence electrons. The van der Waals surface area contributed by atoms with E-state index in [9.17, 15) is 114 Å². The molecular formula is C14F26. The van der Waals surface area contributed by atoms with Crippen molar-refractivity contribution in [2.45, 2.75) is 71.6 Å². The Bertz CT molecular complexity index is 991. The maximum absolute atomic E-state index is 13.3. The summed E-state index contributed by atoms with van der Waals surface area (Å²) in [6.45, 7) is 0. The molecule has 0 aromatic carbocycles. The molecule has 0 N–H and O–H groups in total. The predicted octanol–water partition coefficient (Wildman–Crippen LogP) is 8.47. The van der Waals surface area contributed by atoms with E-state index < -0.39 is 83.4 Å². The van der Waals surface area contributed by atoms with Crippen LogP contribution in [0.2, 0.25) is 0 Å². The third-order valence-electron chi connectivity index (χ3n) is 4.24. The van der Waals surface area contributed by atoms with Crippen LogP contribution in [0.1, 0.15) is 0 Å². The van der Waals surface area contributed by atoms with Crippen molar-refractivity contribution in [3.05, 3.63) is 0 Å². The van der Waals surface area contributed by atoms with Gasteiger partial charge in [0.05, 0.1) is 0 Å². The van der Waals surface area contributed by atoms with E-state index in [1.165, 1.54) is 0 Å². The number of halogens is 26. The van der Waals surface area contributed by atoms with E-state index in [1.54, 1.807) is 0 Å². The summed E-state index contributed by atoms with van der Waals surface area (Å²) in [5.74, 6) is -88.5. The van der Waals surface area contributed by atoms with E-state index in [1.807, 2.05) is 0 Å². The lowest BCUT2D eigenvalue weighted by Gasteiger charge is -2.40. The number of rotatable bonds is 8. The standard InChI is InChI=1S/C14F26/c15-3(16,1-2-4(17,18)6(21,22)8(25,26)11(31,32)13(35,36)37)5(19,20)7(23,24)9(27,28)10(29,30)12(33,34)14(38,39)40. The van der Waals surface area contributed by atoms with Crippen LogP contribution in [0.25, 0.3) is 0 Å². The molecule has 0 unspecified atom stereocenters. The molecule has 0 amide bonds. The molecule has 0 bridgehead atoms. The third kappa shape index (κ3) is 4.81. The average molecular weight is 662 g/mol. The molecule has 0 saturated heterocycles. The van der Waals surface area contributed by atoms with Crippen molar-refractivity contribution in [1.82, 2.24) is 0 Å². The fraction of sp³-hybridized carbons (Fsp3) is 0.857. The Labute approximate surface area is 199 Å². The summed E-state index contributed by atoms with van der Waals surface area (Å²) >= 11 is 0. The first-order valence-electron chi connectivity index (χ1n) is 8.16. The first-order chi connectivity index (χ1) is 16.7. The molecule has 0 nitrogen and oxygen atoms in total. The molecule has 0 saturated carbocycles. The van der Waals surface area contributed by atoms with Crippen LogP contribution in [0.3, 0.4) is 0 Å². The number of hydrogen-bond donors (Lipinski definition) is 0. The van der Waals surface area contributed by atoms with Crippen molar-refractivity contribution in [3.8, 4) is 11.8 Å². The van der Waals surface area contributed by atoms with E-state index in [0.29, 0.717) is 0 Å². The molecule has 0 aliphatic carbocycles. The van der Waals surface area contributed by atoms with Gasteiger partial charge in [0.25, 0.3) is 0 Å². The smallest absolute Gasteiger partial charge is 0.192 e. The zero-order chi connectivity index (χ0) is 33.4. The minimum absolute atomic E-state index is 1.65. The predicted molar refractivity (Wildman–Crippen MR) is 69.4 cm³/mol. The van der Waals surface area contributed by atoms with Crippen LogP contribution in [-0.2, 0) is 0 Å². The highest BCUT2D eigenvalue weighted by atomic mass is 19.4. The molecule has 0 aromatic rings. The van der Waals surface area contributed by atoms with Crippen molar-refractivity contribution in [3.63, 3.8) is 0 Å². The lowest BCUT2D eigenvalue weighted by molar-refractivity contribution is -0.449. The zero-order valence-electron chi connectivity index (χ0n) is 16.8. The lowest BCUT2D eigenvalue weighted by Crippen LogP contribution is -2.72. The van der Waals surface area contributed by atoms with Crippen molar-refractivity contribution in [2.24, 2.45) is 0 Å². The van der Waals surface area contributed by atoms with Crippen LogP contribution in [0.5, 0.6) is 0 Å². The maximum atomic E-state index is 13.3. The monoisotopic (exact) mass is 662 g/mol. The van der Waals surface area contributed by atoms with Gasteiger partial charge in [0.2, 0.25) is 0 Å². The molecule has 0 aliphatic heterocycles. The van der Waals surface area contributed by atoms with Crippen molar-refractivity contribution >= 4 is 0 Å². The molecule has 0 atom stereocenters. The van der Waals surface area contributed by atoms with E-state index in [2.05, 4.69) is 0 Å². The molecular weight excluding hydrogens is 662 g/mol. The molecule has 0 fully saturated rings. The summed E-state index contributed by atoms with van der Waals surface area (Å²) < 4.78 is 332. The second kappa shape index (κ2) is 9.12. The highest BCUT2D eigenvalue weighted by molar-refractivity contribution is 5.27. The van der Waals surface area contributed by atoms with Gasteiger partial charge in [-0.25, -0.2) is 0 Å². The Kier molecular flexibility index (Phi) is 8.60. The van der Waals surface area contributed by atoms with Gasteiger partial charge >= 0.3 is 71.6 Å². The summed E-state index contributed by atoms with van der Waals surface area (Å²) in [7, 11) is 0. The molecule has 0 aliphatic rings. The fourth-order valence-electron chi connectivity index (χ4n) is 1.85. The zero-order valence-corrected chi connectivity index (χ0v) is 16.8. The van der Waals surface area contributed by atoms with Gasteiger partial charge in [-0.15, -0.1) is 0 Å². The van der Waals surface area contributed by atoms with Crippen LogP contribution >= 0.6 is 0 Å². The van der Waals surface area contributed by atoms with Crippen LogP contribution in [0.15, 0.2) is 0 Å². The van der Waals surface area contributed by atoms with Crippen molar-refractivity contribution < 1.29 is 114 Å². The second-order valence-electron chi connectivity index (χ2n) is 6.99. The molecule has 0 heterocycles. The number of hydrogen-bond acceptors (Lipinski definition) is 0. The Balaban J connectivity index is 7.00. The molecule has 0 spiro atoms. The Morgan fingerprint density at radius 1 is 0.200 bits per heavy atom. The maximum Gasteiger partial charge on any atom is 0.460 e. The minimum atomic E-state index is -9.01. The second-order valence-corrected chi connectivity index (χ2v) is 6.99. The first kappa shape index (κ1) is 37.7. The van der Waals surface area contributed by atoms with Gasteiger partial charge in [-0.2, -0.15) is 114 Å². The quantitative estimate of drug-likeness (QED) is 0.181. The lowest BCUT2D eigenvalue weighted by atomic mass is 9.91. The van der Waals surface area contributed by atoms with E-state index in [-0.39, 0.29) is 0 Å². The van der Waals surface area contributed by atoms with Crippen molar-refractivity contribution in [1.29, 1.82) is 0 Å². The topological polar surface area (TPSA) is 0 Å². The van der Waals surface area contributed by atoms with Crippen LogP contribution < -0.4 is 0 Å². The highest BCUT2D eigenvalue weighted by Gasteiger charge is 2.93. The molecule has 40 heavy (non-hydrogen) atoms. The summed E-state index contributed by atoms with van der Waals surface area (Å²) in [5.41, 5.74) is 0. The Morgan fingerprint density at radius 2 is 0.350 bits per heavy atom. The molecule has 0 radical (unpaired) electrons. The summed E-state index contributed by atoms with van der Waals surface area (Å²) in [5, 5.41) is 0. The first-order valence-corrected chi connectivity index (χ1v) is 8.16. The summed E-state index contributed by atoms with van der Waals surface area (Å²) in [4.78, 5) is 0. The normalized spacial score (nSPS) is 16.6. The fourth-order valence-corrected chi connectivity index (χ4v) is 1.85. The minimum Gasteiger partial charge on any atom is -0.192 e. The molecule has 0 rings (SSSR count). The summed E-state index contributed by atoms with van der Waals surface area (Å²) in [6, 6.07) is 0. The highest BCUT2D eigenvalue weighted by Crippen LogP contribution is 2.62. The van der Waals surface area contributed by atoms with Gasteiger partial charge in [-0.3, -0.25) is 0 Å². The Hall–Kier alpha value is -2.26. The van der Waals surface area contributed by atoms with E-state index in [0.717, 1.165) is 0 Å². The van der Waals surface area contributed by atoms with Crippen LogP contribution in [0, 0.1) is 11.8 Å². The van der Waals surface area contributed by atoms with E-state index in [4.69, 9.17) is 0 Å². The SMILES string of the molecule is FC(F)(F)C(F)(F)C(F)(F)C(F)(F)C(F)(F)C#CC(F)(F)C(F)(F)C(F)(F)C(F)(F)C(F)(F)C(F)(F)C(F)(F)F. The van der Waals surface area contributed by atoms with Crippen molar-refractivity contribution in [2.75, 3.05) is 0 Å². The van der Waals surface area contributed by atoms with Gasteiger partial charge < -0.3 is 0 Å². The van der Waals surface area contributed by atoms with Crippen LogP contribution in [-0.4, -0.2) is 71.6 Å². The van der Waals surface area contributed by atoms with Gasteiger partial charge in [0, 0.05) is 0 Å². The van der Waals surface area contributed by atoms with Gasteiger partial charge in [0.15, 0.2) is 0 Å². The third-order valence-corrected chi connectivity index (χ3v) is 4.24. The molecule has 26 heteroatoms. The van der Waals surface area contributed by atoms with Crippen LogP contribution in [0.4, 0.5) is 114 Å². The Morgan fingerprint density at radius 3 is 0.550 bits per heavy atom. The largest absolute Gasteiger partial charge is 0.460 e. The average Bonchev–Trinajstić information content (AvgIpc) is 2.69. The van der Waals surface area contributed by atoms with Gasteiger partial charge in [-0.1, -0.05) is 0 Å². The van der Waals surface area contributed by atoms with Gasteiger partial charge in [0.1, 0.15) is 0 Å². The van der Waals surface area contributed by atoms with E-state index >= 15 is 0 Å². The number of alkyl halides is 26.